The Morgan fingerprint density at radius 1 is 1.16 bits per heavy atom. The normalized spacial score (nSPS) is 16.2. The molecule has 2 N–H and O–H groups in total. The highest BCUT2D eigenvalue weighted by Crippen LogP contribution is 2.39. The van der Waals surface area contributed by atoms with Crippen molar-refractivity contribution in [3.05, 3.63) is 49.1 Å². The molecule has 15 nitrogen and oxygen atoms in total. The summed E-state index contributed by atoms with van der Waals surface area (Å²) in [4.78, 5) is 23.9. The van der Waals surface area contributed by atoms with Gasteiger partial charge in [0.05, 0.1) is 52.7 Å². The van der Waals surface area contributed by atoms with Crippen LogP contribution in [0.1, 0.15) is 0 Å². The van der Waals surface area contributed by atoms with Crippen LogP contribution in [0.25, 0.3) is 33.5 Å². The molecule has 0 radical (unpaired) electrons. The Balaban J connectivity index is 1.22. The second kappa shape index (κ2) is 11.3. The summed E-state index contributed by atoms with van der Waals surface area (Å²) in [7, 11) is -1.41. The molecule has 16 heteroatoms. The molecular formula is C28H29N9O6S. The predicted molar refractivity (Wildman–Crippen MR) is 161 cm³/mol. The fourth-order valence-corrected chi connectivity index (χ4v) is 6.57. The Labute approximate surface area is 251 Å². The third-order valence-corrected chi connectivity index (χ3v) is 9.21. The summed E-state index contributed by atoms with van der Waals surface area (Å²) < 4.78 is 43.8. The van der Waals surface area contributed by atoms with Gasteiger partial charge in [0, 0.05) is 56.9 Å². The number of methoxy groups -OCH3 is 1. The number of amides is 1. The Bertz CT molecular complexity index is 1980. The standard InChI is InChI=1S/C28H29N9O6S/c1-41-25-14-21-24(42-9-4-29-21)15-23(25)37-22-13-20(18-17-32-36-5-2-3-30-27(18)36)31-16-19(22)26(34-37)33-28(38)43-10-6-35-7-11-44(39,40)12-8-35/h2-3,5,13-17,29H,4,6-12H2,1H3,(H,33,34,38). The van der Waals surface area contributed by atoms with Gasteiger partial charge in [-0.05, 0) is 12.1 Å². The lowest BCUT2D eigenvalue weighted by atomic mass is 10.1. The zero-order valence-corrected chi connectivity index (χ0v) is 24.6. The van der Waals surface area contributed by atoms with E-state index in [-0.39, 0.29) is 23.9 Å². The Kier molecular flexibility index (Phi) is 7.14. The molecule has 5 aromatic rings. The molecule has 44 heavy (non-hydrogen) atoms. The number of aromatic nitrogens is 6. The summed E-state index contributed by atoms with van der Waals surface area (Å²) in [5.74, 6) is 1.65. The van der Waals surface area contributed by atoms with Gasteiger partial charge in [0.25, 0.3) is 0 Å². The third-order valence-electron chi connectivity index (χ3n) is 7.60. The minimum atomic E-state index is -2.98. The Morgan fingerprint density at radius 3 is 2.86 bits per heavy atom. The topological polar surface area (TPSA) is 167 Å². The van der Waals surface area contributed by atoms with Crippen LogP contribution in [0.15, 0.2) is 49.1 Å². The first-order chi connectivity index (χ1) is 21.4. The van der Waals surface area contributed by atoms with Crippen LogP contribution in [-0.4, -0.2) is 107 Å². The predicted octanol–water partition coefficient (Wildman–Crippen LogP) is 2.22. The zero-order chi connectivity index (χ0) is 30.3. The molecule has 1 amide bonds. The smallest absolute Gasteiger partial charge is 0.412 e. The summed E-state index contributed by atoms with van der Waals surface area (Å²) in [5.41, 5.74) is 4.02. The largest absolute Gasteiger partial charge is 0.494 e. The maximum Gasteiger partial charge on any atom is 0.412 e. The molecule has 4 aromatic heterocycles. The van der Waals surface area contributed by atoms with Crippen LogP contribution < -0.4 is 20.1 Å². The van der Waals surface area contributed by atoms with Crippen LogP contribution in [0.2, 0.25) is 0 Å². The molecule has 0 atom stereocenters. The lowest BCUT2D eigenvalue weighted by molar-refractivity contribution is 0.142. The summed E-state index contributed by atoms with van der Waals surface area (Å²) in [6.45, 7) is 2.55. The number of sulfone groups is 1. The molecule has 1 fully saturated rings. The monoisotopic (exact) mass is 619 g/mol. The number of nitrogens with zero attached hydrogens (tertiary/aromatic N) is 7. The van der Waals surface area contributed by atoms with Gasteiger partial charge in [-0.3, -0.25) is 15.2 Å². The summed E-state index contributed by atoms with van der Waals surface area (Å²) in [6.07, 6.45) is 6.14. The fourth-order valence-electron chi connectivity index (χ4n) is 5.30. The highest BCUT2D eigenvalue weighted by atomic mass is 32.2. The van der Waals surface area contributed by atoms with Crippen molar-refractivity contribution in [1.82, 2.24) is 34.3 Å². The van der Waals surface area contributed by atoms with Crippen LogP contribution in [0.5, 0.6) is 11.5 Å². The highest BCUT2D eigenvalue weighted by molar-refractivity contribution is 7.91. The molecule has 2 aliphatic rings. The Hall–Kier alpha value is -4.96. The van der Waals surface area contributed by atoms with E-state index in [1.807, 2.05) is 23.1 Å². The van der Waals surface area contributed by atoms with Crippen molar-refractivity contribution in [2.75, 3.05) is 68.6 Å². The van der Waals surface area contributed by atoms with Gasteiger partial charge in [0.2, 0.25) is 0 Å². The second-order valence-electron chi connectivity index (χ2n) is 10.3. The van der Waals surface area contributed by atoms with Crippen molar-refractivity contribution < 1.29 is 27.4 Å². The maximum absolute atomic E-state index is 12.9. The first kappa shape index (κ1) is 27.8. The maximum atomic E-state index is 12.9. The molecule has 0 spiro atoms. The van der Waals surface area contributed by atoms with Crippen molar-refractivity contribution >= 4 is 44.0 Å². The van der Waals surface area contributed by atoms with Crippen molar-refractivity contribution in [3.63, 3.8) is 0 Å². The van der Waals surface area contributed by atoms with Gasteiger partial charge in [0.15, 0.2) is 21.3 Å². The molecule has 7 rings (SSSR count). The number of pyridine rings is 1. The number of fused-ring (bicyclic) bond motifs is 3. The molecule has 0 aliphatic carbocycles. The number of ether oxygens (including phenoxy) is 3. The molecule has 0 unspecified atom stereocenters. The molecule has 6 heterocycles. The van der Waals surface area contributed by atoms with Gasteiger partial charge in [-0.15, -0.1) is 5.10 Å². The van der Waals surface area contributed by atoms with Crippen LogP contribution in [0, 0.1) is 0 Å². The number of benzene rings is 1. The molecule has 1 aromatic carbocycles. The number of anilines is 2. The average molecular weight is 620 g/mol. The molecule has 0 saturated carbocycles. The lowest BCUT2D eigenvalue weighted by Gasteiger charge is -2.25. The number of hydrogen-bond donors (Lipinski definition) is 2. The molecule has 1 saturated heterocycles. The summed E-state index contributed by atoms with van der Waals surface area (Å²) in [5, 5.41) is 15.8. The first-order valence-electron chi connectivity index (χ1n) is 14.0. The first-order valence-corrected chi connectivity index (χ1v) is 15.8. The second-order valence-corrected chi connectivity index (χ2v) is 12.6. The van der Waals surface area contributed by atoms with Crippen LogP contribution in [-0.2, 0) is 14.6 Å². The average Bonchev–Trinajstić information content (AvgIpc) is 3.62. The number of hydrogen-bond acceptors (Lipinski definition) is 12. The summed E-state index contributed by atoms with van der Waals surface area (Å²) in [6, 6.07) is 7.34. The lowest BCUT2D eigenvalue weighted by Crippen LogP contribution is -2.42. The van der Waals surface area contributed by atoms with Gasteiger partial charge in [-0.2, -0.15) is 5.10 Å². The minimum absolute atomic E-state index is 0.0949. The van der Waals surface area contributed by atoms with Gasteiger partial charge in [-0.1, -0.05) is 0 Å². The third kappa shape index (κ3) is 5.33. The minimum Gasteiger partial charge on any atom is -0.494 e. The van der Waals surface area contributed by atoms with E-state index in [2.05, 4.69) is 25.7 Å². The van der Waals surface area contributed by atoms with Gasteiger partial charge in [0.1, 0.15) is 30.4 Å². The number of carbonyl (C=O) groups excluding carboxylic acids is 1. The fraction of sp³-hybridized carbons (Fsp3) is 0.321. The SMILES string of the molecule is COc1cc2c(cc1-n1nc(NC(=O)OCCN3CCS(=O)(=O)CC3)c3cnc(-c4cnn5cccnc45)cc31)OCCN2. The van der Waals surface area contributed by atoms with E-state index in [1.54, 1.807) is 47.2 Å². The van der Waals surface area contributed by atoms with Crippen molar-refractivity contribution in [2.45, 2.75) is 0 Å². The zero-order valence-electron chi connectivity index (χ0n) is 23.8. The molecule has 2 aliphatic heterocycles. The molecule has 0 bridgehead atoms. The number of rotatable bonds is 7. The molecule has 228 valence electrons. The van der Waals surface area contributed by atoms with Crippen molar-refractivity contribution in [2.24, 2.45) is 0 Å². The van der Waals surface area contributed by atoms with E-state index in [1.165, 1.54) is 0 Å². The van der Waals surface area contributed by atoms with Gasteiger partial charge in [-0.25, -0.2) is 27.4 Å². The van der Waals surface area contributed by atoms with E-state index < -0.39 is 15.9 Å². The van der Waals surface area contributed by atoms with E-state index >= 15 is 0 Å². The van der Waals surface area contributed by atoms with E-state index in [4.69, 9.17) is 19.3 Å². The number of nitrogens with one attached hydrogen (secondary N) is 2. The summed E-state index contributed by atoms with van der Waals surface area (Å²) >= 11 is 0. The number of carbonyl (C=O) groups is 1. The van der Waals surface area contributed by atoms with Crippen LogP contribution in [0.4, 0.5) is 16.3 Å². The van der Waals surface area contributed by atoms with E-state index in [0.29, 0.717) is 72.2 Å². The highest BCUT2D eigenvalue weighted by Gasteiger charge is 2.24. The quantitative estimate of drug-likeness (QED) is 0.273. The van der Waals surface area contributed by atoms with Gasteiger partial charge >= 0.3 is 6.09 Å². The van der Waals surface area contributed by atoms with Crippen molar-refractivity contribution in [1.29, 1.82) is 0 Å². The molecular weight excluding hydrogens is 590 g/mol. The van der Waals surface area contributed by atoms with Gasteiger partial charge < -0.3 is 19.5 Å². The van der Waals surface area contributed by atoms with Crippen molar-refractivity contribution in [3.8, 4) is 28.4 Å². The van der Waals surface area contributed by atoms with E-state index in [9.17, 15) is 13.2 Å². The van der Waals surface area contributed by atoms with Crippen LogP contribution in [0.3, 0.4) is 0 Å². The van der Waals surface area contributed by atoms with E-state index in [0.717, 1.165) is 11.3 Å². The Morgan fingerprint density at radius 2 is 2.02 bits per heavy atom. The van der Waals surface area contributed by atoms with Crippen LogP contribution >= 0.6 is 0 Å².